The van der Waals surface area contributed by atoms with Gasteiger partial charge in [0, 0.05) is 11.6 Å². The summed E-state index contributed by atoms with van der Waals surface area (Å²) in [4.78, 5) is 26.7. The molecule has 1 N–H and O–H groups in total. The normalized spacial score (nSPS) is 20.5. The van der Waals surface area contributed by atoms with E-state index in [1.54, 1.807) is 29.2 Å². The van der Waals surface area contributed by atoms with Gasteiger partial charge < -0.3 is 10.0 Å². The molecule has 0 radical (unpaired) electrons. The van der Waals surface area contributed by atoms with Crippen LogP contribution in [0.4, 0.5) is 0 Å². The topological polar surface area (TPSA) is 57.6 Å². The van der Waals surface area contributed by atoms with Crippen molar-refractivity contribution in [3.05, 3.63) is 71.3 Å². The molecule has 0 aromatic heterocycles. The number of hydrogen-bond acceptors (Lipinski definition) is 2. The second-order valence-corrected chi connectivity index (χ2v) is 6.06. The summed E-state index contributed by atoms with van der Waals surface area (Å²) in [6, 6.07) is 15.8. The van der Waals surface area contributed by atoms with Crippen LogP contribution in [0.3, 0.4) is 0 Å². The molecule has 2 aromatic carbocycles. The van der Waals surface area contributed by atoms with Gasteiger partial charge in [-0.15, -0.1) is 0 Å². The number of carboxylic acids is 1. The average Bonchev–Trinajstić information content (AvgIpc) is 2.54. The van der Waals surface area contributed by atoms with E-state index in [0.29, 0.717) is 11.1 Å². The van der Waals surface area contributed by atoms with E-state index in [0.717, 1.165) is 5.56 Å². The zero-order valence-corrected chi connectivity index (χ0v) is 13.1. The number of nitrogens with zero attached hydrogens (tertiary/aromatic N) is 1. The maximum Gasteiger partial charge on any atom is 0.313 e. The zero-order chi connectivity index (χ0) is 16.6. The molecule has 0 fully saturated rings. The van der Waals surface area contributed by atoms with Crippen LogP contribution in [0.5, 0.6) is 0 Å². The molecule has 1 heterocycles. The van der Waals surface area contributed by atoms with Gasteiger partial charge in [-0.3, -0.25) is 9.59 Å². The molecule has 2 aromatic rings. The largest absolute Gasteiger partial charge is 0.481 e. The van der Waals surface area contributed by atoms with E-state index < -0.39 is 17.9 Å². The highest BCUT2D eigenvalue weighted by Gasteiger charge is 2.44. The van der Waals surface area contributed by atoms with Crippen LogP contribution in [-0.4, -0.2) is 27.9 Å². The number of rotatable bonds is 3. The summed E-state index contributed by atoms with van der Waals surface area (Å²) >= 11 is 0. The monoisotopic (exact) mass is 309 g/mol. The van der Waals surface area contributed by atoms with Crippen molar-refractivity contribution in [1.29, 1.82) is 0 Å². The second kappa shape index (κ2) is 5.88. The minimum atomic E-state index is -0.913. The first-order chi connectivity index (χ1) is 11.0. The van der Waals surface area contributed by atoms with Gasteiger partial charge >= 0.3 is 5.97 Å². The first-order valence-electron chi connectivity index (χ1n) is 7.71. The van der Waals surface area contributed by atoms with Crippen molar-refractivity contribution in [2.75, 3.05) is 0 Å². The fraction of sp³-hybridized carbons (Fsp3) is 0.263. The summed E-state index contributed by atoms with van der Waals surface area (Å²) in [5.74, 6) is -1.79. The van der Waals surface area contributed by atoms with Crippen molar-refractivity contribution in [3.63, 3.8) is 0 Å². The standard InChI is InChI=1S/C19H19NO3/c1-12(2)20-17(13-8-4-3-5-9-13)16(19(22)23)14-10-6-7-11-15(14)18(20)21/h3-12,16-17H,1-2H3,(H,22,23)/t16-,17+/m0/s1. The van der Waals surface area contributed by atoms with Gasteiger partial charge in [-0.1, -0.05) is 48.5 Å². The summed E-state index contributed by atoms with van der Waals surface area (Å²) in [6.45, 7) is 3.83. The lowest BCUT2D eigenvalue weighted by Gasteiger charge is -2.43. The Morgan fingerprint density at radius 3 is 2.26 bits per heavy atom. The van der Waals surface area contributed by atoms with Crippen LogP contribution < -0.4 is 0 Å². The van der Waals surface area contributed by atoms with Crippen molar-refractivity contribution in [2.24, 2.45) is 0 Å². The highest BCUT2D eigenvalue weighted by atomic mass is 16.4. The fourth-order valence-corrected chi connectivity index (χ4v) is 3.39. The Labute approximate surface area is 135 Å². The van der Waals surface area contributed by atoms with Crippen LogP contribution in [0, 0.1) is 0 Å². The molecule has 118 valence electrons. The van der Waals surface area contributed by atoms with Gasteiger partial charge in [0.1, 0.15) is 5.92 Å². The van der Waals surface area contributed by atoms with Crippen molar-refractivity contribution < 1.29 is 14.7 Å². The van der Waals surface area contributed by atoms with E-state index in [4.69, 9.17) is 0 Å². The average molecular weight is 309 g/mol. The molecule has 2 atom stereocenters. The molecule has 23 heavy (non-hydrogen) atoms. The van der Waals surface area contributed by atoms with Crippen LogP contribution in [-0.2, 0) is 4.79 Å². The van der Waals surface area contributed by atoms with Gasteiger partial charge in [-0.2, -0.15) is 0 Å². The Hall–Kier alpha value is -2.62. The predicted octanol–water partition coefficient (Wildman–Crippen LogP) is 3.46. The highest BCUT2D eigenvalue weighted by molar-refractivity contribution is 6.00. The van der Waals surface area contributed by atoms with Gasteiger partial charge in [0.15, 0.2) is 0 Å². The van der Waals surface area contributed by atoms with E-state index in [1.165, 1.54) is 0 Å². The van der Waals surface area contributed by atoms with Crippen molar-refractivity contribution in [1.82, 2.24) is 4.90 Å². The molecule has 1 aliphatic rings. The molecule has 0 aliphatic carbocycles. The summed E-state index contributed by atoms with van der Waals surface area (Å²) in [6.07, 6.45) is 0. The lowest BCUT2D eigenvalue weighted by atomic mass is 9.79. The molecule has 0 bridgehead atoms. The quantitative estimate of drug-likeness (QED) is 0.944. The maximum atomic E-state index is 12.9. The molecule has 0 unspecified atom stereocenters. The number of amides is 1. The van der Waals surface area contributed by atoms with E-state index in [9.17, 15) is 14.7 Å². The lowest BCUT2D eigenvalue weighted by molar-refractivity contribution is -0.140. The van der Waals surface area contributed by atoms with Crippen LogP contribution >= 0.6 is 0 Å². The number of carbonyl (C=O) groups excluding carboxylic acids is 1. The van der Waals surface area contributed by atoms with Crippen LogP contribution in [0.15, 0.2) is 54.6 Å². The van der Waals surface area contributed by atoms with Crippen LogP contribution in [0.2, 0.25) is 0 Å². The van der Waals surface area contributed by atoms with E-state index in [2.05, 4.69) is 0 Å². The molecular weight excluding hydrogens is 290 g/mol. The SMILES string of the molecule is CC(C)N1C(=O)c2ccccc2[C@H](C(=O)O)[C@H]1c1ccccc1. The third-order valence-electron chi connectivity index (χ3n) is 4.34. The van der Waals surface area contributed by atoms with Gasteiger partial charge in [-0.25, -0.2) is 0 Å². The highest BCUT2D eigenvalue weighted by Crippen LogP contribution is 2.43. The summed E-state index contributed by atoms with van der Waals surface area (Å²) < 4.78 is 0. The van der Waals surface area contributed by atoms with Gasteiger partial charge in [-0.05, 0) is 31.0 Å². The van der Waals surface area contributed by atoms with E-state index >= 15 is 0 Å². The van der Waals surface area contributed by atoms with E-state index in [-0.39, 0.29) is 11.9 Å². The summed E-state index contributed by atoms with van der Waals surface area (Å²) in [5.41, 5.74) is 1.92. The number of hydrogen-bond donors (Lipinski definition) is 1. The third kappa shape index (κ3) is 2.50. The molecule has 4 heteroatoms. The molecular formula is C19H19NO3. The Morgan fingerprint density at radius 2 is 1.65 bits per heavy atom. The van der Waals surface area contributed by atoms with Gasteiger partial charge in [0.25, 0.3) is 5.91 Å². The Balaban J connectivity index is 2.25. The maximum absolute atomic E-state index is 12.9. The summed E-state index contributed by atoms with van der Waals surface area (Å²) in [5, 5.41) is 9.86. The minimum absolute atomic E-state index is 0.0945. The smallest absolute Gasteiger partial charge is 0.313 e. The molecule has 3 rings (SSSR count). The third-order valence-corrected chi connectivity index (χ3v) is 4.34. The number of carboxylic acid groups (broad SMARTS) is 1. The zero-order valence-electron chi connectivity index (χ0n) is 13.1. The first-order valence-corrected chi connectivity index (χ1v) is 7.71. The number of benzene rings is 2. The molecule has 0 spiro atoms. The van der Waals surface area contributed by atoms with Crippen molar-refractivity contribution in [2.45, 2.75) is 31.8 Å². The number of aliphatic carboxylic acids is 1. The van der Waals surface area contributed by atoms with Crippen molar-refractivity contribution in [3.8, 4) is 0 Å². The minimum Gasteiger partial charge on any atom is -0.481 e. The fourth-order valence-electron chi connectivity index (χ4n) is 3.39. The van der Waals surface area contributed by atoms with Crippen LogP contribution in [0.25, 0.3) is 0 Å². The Kier molecular flexibility index (Phi) is 3.90. The van der Waals surface area contributed by atoms with E-state index in [1.807, 2.05) is 44.2 Å². The van der Waals surface area contributed by atoms with Crippen LogP contribution in [0.1, 0.15) is 47.3 Å². The molecule has 0 saturated heterocycles. The van der Waals surface area contributed by atoms with Gasteiger partial charge in [0.2, 0.25) is 0 Å². The van der Waals surface area contributed by atoms with Crippen molar-refractivity contribution >= 4 is 11.9 Å². The second-order valence-electron chi connectivity index (χ2n) is 6.06. The predicted molar refractivity (Wildman–Crippen MR) is 87.3 cm³/mol. The molecule has 1 amide bonds. The first kappa shape index (κ1) is 15.3. The number of carbonyl (C=O) groups is 2. The summed E-state index contributed by atoms with van der Waals surface area (Å²) in [7, 11) is 0. The lowest BCUT2D eigenvalue weighted by Crippen LogP contribution is -2.48. The molecule has 0 saturated carbocycles. The Morgan fingerprint density at radius 1 is 1.04 bits per heavy atom. The van der Waals surface area contributed by atoms with Gasteiger partial charge in [0.05, 0.1) is 6.04 Å². The Bertz CT molecular complexity index is 739. The molecule has 1 aliphatic heterocycles. The molecule has 4 nitrogen and oxygen atoms in total. The number of fused-ring (bicyclic) bond motifs is 1.